The van der Waals surface area contributed by atoms with E-state index in [1.54, 1.807) is 0 Å². The van der Waals surface area contributed by atoms with Crippen LogP contribution >= 0.6 is 0 Å². The fraction of sp³-hybridized carbons (Fsp3) is 0.778. The van der Waals surface area contributed by atoms with Crippen molar-refractivity contribution in [1.82, 2.24) is 0 Å². The molecule has 31 heavy (non-hydrogen) atoms. The Labute approximate surface area is 188 Å². The molecule has 0 aliphatic heterocycles. The third-order valence-corrected chi connectivity index (χ3v) is 8.54. The fourth-order valence-corrected chi connectivity index (χ4v) is 6.72. The lowest BCUT2D eigenvalue weighted by molar-refractivity contribution is -0.00417. The van der Waals surface area contributed by atoms with Crippen LogP contribution in [0.1, 0.15) is 85.5 Å². The predicted octanol–water partition coefficient (Wildman–Crippen LogP) is 5.65. The van der Waals surface area contributed by atoms with Crippen molar-refractivity contribution < 1.29 is 19.7 Å². The van der Waals surface area contributed by atoms with Gasteiger partial charge in [0, 0.05) is 6.42 Å². The van der Waals surface area contributed by atoms with Gasteiger partial charge in [0.05, 0.1) is 11.7 Å². The van der Waals surface area contributed by atoms with Gasteiger partial charge in [0.1, 0.15) is 6.10 Å². The Morgan fingerprint density at radius 3 is 2.65 bits per heavy atom. The van der Waals surface area contributed by atoms with Gasteiger partial charge in [-0.2, -0.15) is 0 Å². The summed E-state index contributed by atoms with van der Waals surface area (Å²) in [7, 11) is 0. The predicted molar refractivity (Wildman–Crippen MR) is 124 cm³/mol. The summed E-state index contributed by atoms with van der Waals surface area (Å²) in [5.74, 6) is 1.93. The van der Waals surface area contributed by atoms with Crippen LogP contribution in [-0.4, -0.2) is 39.3 Å². The molecule has 7 atom stereocenters. The normalized spacial score (nSPS) is 40.4. The lowest BCUT2D eigenvalue weighted by Gasteiger charge is -2.44. The van der Waals surface area contributed by atoms with Crippen LogP contribution < -0.4 is 0 Å². The maximum Gasteiger partial charge on any atom is 0.156 e. The summed E-state index contributed by atoms with van der Waals surface area (Å²) in [5.41, 5.74) is 2.36. The van der Waals surface area contributed by atoms with Crippen molar-refractivity contribution in [3.8, 4) is 0 Å². The Morgan fingerprint density at radius 2 is 1.97 bits per heavy atom. The zero-order chi connectivity index (χ0) is 23.0. The molecular weight excluding hydrogens is 391 g/mol. The number of hydrogen-bond acceptors (Lipinski definition) is 3. The molecule has 3 N–H and O–H groups in total. The van der Waals surface area contributed by atoms with Crippen LogP contribution in [-0.2, 0) is 0 Å². The first-order valence-electron chi connectivity index (χ1n) is 12.3. The number of aliphatic hydroxyl groups is 3. The maximum absolute atomic E-state index is 13.9. The van der Waals surface area contributed by atoms with E-state index in [0.29, 0.717) is 28.7 Å². The second-order valence-corrected chi connectivity index (χ2v) is 11.4. The quantitative estimate of drug-likeness (QED) is 0.506. The molecule has 3 rings (SSSR count). The second kappa shape index (κ2) is 9.49. The zero-order valence-corrected chi connectivity index (χ0v) is 19.9. The molecule has 0 saturated heterocycles. The minimum Gasteiger partial charge on any atom is -0.390 e. The number of hydrogen-bond donors (Lipinski definition) is 3. The van der Waals surface area contributed by atoms with Crippen molar-refractivity contribution in [1.29, 1.82) is 0 Å². The monoisotopic (exact) mass is 434 g/mol. The molecule has 0 spiro atoms. The molecule has 0 aromatic carbocycles. The van der Waals surface area contributed by atoms with Crippen LogP contribution in [0.15, 0.2) is 35.5 Å². The number of allylic oxidation sites excluding steroid dienone is 3. The molecule has 0 unspecified atom stereocenters. The number of alkyl halides is 1. The van der Waals surface area contributed by atoms with Crippen molar-refractivity contribution in [2.45, 2.75) is 109 Å². The maximum atomic E-state index is 13.9. The van der Waals surface area contributed by atoms with E-state index in [4.69, 9.17) is 0 Å². The van der Waals surface area contributed by atoms with Crippen LogP contribution in [0.2, 0.25) is 0 Å². The van der Waals surface area contributed by atoms with Crippen LogP contribution in [0.4, 0.5) is 4.39 Å². The van der Waals surface area contributed by atoms with Crippen molar-refractivity contribution in [2.75, 3.05) is 0 Å². The Morgan fingerprint density at radius 1 is 1.26 bits per heavy atom. The molecule has 176 valence electrons. The smallest absolute Gasteiger partial charge is 0.156 e. The summed E-state index contributed by atoms with van der Waals surface area (Å²) < 4.78 is 13.9. The fourth-order valence-electron chi connectivity index (χ4n) is 6.72. The summed E-state index contributed by atoms with van der Waals surface area (Å²) >= 11 is 0. The van der Waals surface area contributed by atoms with Gasteiger partial charge in [-0.1, -0.05) is 51.0 Å². The van der Waals surface area contributed by atoms with E-state index in [-0.39, 0.29) is 6.42 Å². The molecule has 4 heteroatoms. The van der Waals surface area contributed by atoms with Crippen molar-refractivity contribution in [3.05, 3.63) is 35.5 Å². The van der Waals surface area contributed by atoms with E-state index in [9.17, 15) is 19.7 Å². The first-order chi connectivity index (χ1) is 14.4. The Bertz CT molecular complexity index is 718. The summed E-state index contributed by atoms with van der Waals surface area (Å²) in [6, 6.07) is 0. The van der Waals surface area contributed by atoms with E-state index in [0.717, 1.165) is 24.8 Å². The van der Waals surface area contributed by atoms with Gasteiger partial charge < -0.3 is 15.3 Å². The van der Waals surface area contributed by atoms with Gasteiger partial charge in [0.2, 0.25) is 0 Å². The highest BCUT2D eigenvalue weighted by Gasteiger charge is 2.50. The van der Waals surface area contributed by atoms with E-state index in [1.165, 1.54) is 37.7 Å². The topological polar surface area (TPSA) is 60.7 Å². The largest absolute Gasteiger partial charge is 0.390 e. The molecule has 0 aromatic rings. The van der Waals surface area contributed by atoms with Crippen LogP contribution in [0.25, 0.3) is 0 Å². The molecule has 3 fully saturated rings. The van der Waals surface area contributed by atoms with Gasteiger partial charge in [-0.25, -0.2) is 4.39 Å². The van der Waals surface area contributed by atoms with Crippen LogP contribution in [0, 0.1) is 23.2 Å². The molecule has 0 radical (unpaired) electrons. The second-order valence-electron chi connectivity index (χ2n) is 11.4. The summed E-state index contributed by atoms with van der Waals surface area (Å²) in [6.07, 6.45) is 9.34. The van der Waals surface area contributed by atoms with E-state index >= 15 is 0 Å². The van der Waals surface area contributed by atoms with E-state index in [1.807, 2.05) is 19.9 Å². The van der Waals surface area contributed by atoms with Gasteiger partial charge in [0.15, 0.2) is 6.17 Å². The Kier molecular flexibility index (Phi) is 7.55. The highest BCUT2D eigenvalue weighted by Crippen LogP contribution is 2.60. The highest BCUT2D eigenvalue weighted by molar-refractivity contribution is 5.40. The molecular formula is C27H43FO3. The summed E-state index contributed by atoms with van der Waals surface area (Å²) in [4.78, 5) is 0. The number of rotatable bonds is 6. The van der Waals surface area contributed by atoms with Gasteiger partial charge in [-0.15, -0.1) is 0 Å². The summed E-state index contributed by atoms with van der Waals surface area (Å²) in [5, 5.41) is 30.0. The van der Waals surface area contributed by atoms with Gasteiger partial charge >= 0.3 is 0 Å². The molecule has 3 nitrogen and oxygen atoms in total. The number of fused-ring (bicyclic) bond motifs is 1. The highest BCUT2D eigenvalue weighted by atomic mass is 19.1. The number of halogens is 1. The van der Waals surface area contributed by atoms with Gasteiger partial charge in [-0.3, -0.25) is 0 Å². The van der Waals surface area contributed by atoms with Crippen molar-refractivity contribution in [2.24, 2.45) is 23.2 Å². The standard InChI is InChI=1S/C27H43FO3/c1-17(8-6-14-26(3,4)31)21-12-13-22-19(9-7-15-27(21,22)5)10-11-20-16-23(29)24(28)25(30)18(20)2/h10-11,17,21-25,29-31H,2,6-9,12-16H2,1,3-5H3/b19-10+,20-11-/t17-,21-,22+,23-,24-,25-,27-/m1/s1. The minimum absolute atomic E-state index is 0.212. The molecule has 0 amide bonds. The molecule has 0 heterocycles. The Hall–Kier alpha value is -0.970. The first kappa shape index (κ1) is 24.7. The lowest BCUT2D eigenvalue weighted by atomic mass is 9.60. The van der Waals surface area contributed by atoms with E-state index < -0.39 is 24.0 Å². The van der Waals surface area contributed by atoms with Crippen LogP contribution in [0.3, 0.4) is 0 Å². The van der Waals surface area contributed by atoms with Gasteiger partial charge in [-0.05, 0) is 86.7 Å². The third-order valence-electron chi connectivity index (χ3n) is 8.54. The molecule has 0 aromatic heterocycles. The average molecular weight is 435 g/mol. The minimum atomic E-state index is -1.65. The SMILES string of the molecule is C=C1/C(=C\C=C2/CCC[C@]3(C)[C@@H]([C@H](C)CCCC(C)(C)O)CC[C@@H]23)C[C@@H](O)[C@@H](F)[C@@H]1O. The van der Waals surface area contributed by atoms with Crippen molar-refractivity contribution in [3.63, 3.8) is 0 Å². The van der Waals surface area contributed by atoms with Gasteiger partial charge in [0.25, 0.3) is 0 Å². The third kappa shape index (κ3) is 5.34. The molecule has 0 bridgehead atoms. The van der Waals surface area contributed by atoms with E-state index in [2.05, 4.69) is 26.5 Å². The molecule has 3 aliphatic rings. The lowest BCUT2D eigenvalue weighted by Crippen LogP contribution is -2.40. The first-order valence-corrected chi connectivity index (χ1v) is 12.3. The number of aliphatic hydroxyl groups excluding tert-OH is 2. The zero-order valence-electron chi connectivity index (χ0n) is 19.9. The summed E-state index contributed by atoms with van der Waals surface area (Å²) in [6.45, 7) is 12.5. The van der Waals surface area contributed by atoms with Crippen molar-refractivity contribution >= 4 is 0 Å². The van der Waals surface area contributed by atoms with Crippen LogP contribution in [0.5, 0.6) is 0 Å². The molecule has 3 saturated carbocycles. The average Bonchev–Trinajstić information content (AvgIpc) is 3.04. The molecule has 3 aliphatic carbocycles. The Balaban J connectivity index is 1.71.